The number of amides is 1. The first-order chi connectivity index (χ1) is 13.9. The van der Waals surface area contributed by atoms with Crippen molar-refractivity contribution in [1.29, 1.82) is 0 Å². The zero-order valence-corrected chi connectivity index (χ0v) is 18.0. The van der Waals surface area contributed by atoms with Crippen LogP contribution in [-0.4, -0.2) is 75.5 Å². The number of sulfonamides is 1. The highest BCUT2D eigenvalue weighted by atomic mass is 32.2. The molecule has 3 rings (SSSR count). The molecule has 8 nitrogen and oxygen atoms in total. The summed E-state index contributed by atoms with van der Waals surface area (Å²) >= 11 is 0. The van der Waals surface area contributed by atoms with Gasteiger partial charge in [0.25, 0.3) is 0 Å². The van der Waals surface area contributed by atoms with Crippen molar-refractivity contribution in [2.45, 2.75) is 44.0 Å². The molecule has 1 N–H and O–H groups in total. The molecule has 2 aliphatic rings. The fraction of sp³-hybridized carbons (Fsp3) is 0.650. The number of benzene rings is 1. The van der Waals surface area contributed by atoms with Gasteiger partial charge in [0.1, 0.15) is 0 Å². The van der Waals surface area contributed by atoms with Crippen LogP contribution in [0.5, 0.6) is 11.5 Å². The Kier molecular flexibility index (Phi) is 7.37. The van der Waals surface area contributed by atoms with Crippen molar-refractivity contribution >= 4 is 15.9 Å². The summed E-state index contributed by atoms with van der Waals surface area (Å²) in [6.07, 6.45) is 2.74. The molecule has 0 saturated carbocycles. The van der Waals surface area contributed by atoms with Crippen LogP contribution in [-0.2, 0) is 14.8 Å². The number of nitrogens with zero attached hydrogens (tertiary/aromatic N) is 2. The Labute approximate surface area is 173 Å². The normalized spacial score (nSPS) is 19.4. The molecular weight excluding hydrogens is 394 g/mol. The van der Waals surface area contributed by atoms with Crippen molar-refractivity contribution in [2.24, 2.45) is 0 Å². The number of ether oxygens (including phenoxy) is 2. The smallest absolute Gasteiger partial charge is 0.243 e. The van der Waals surface area contributed by atoms with E-state index in [4.69, 9.17) is 9.47 Å². The van der Waals surface area contributed by atoms with Crippen LogP contribution < -0.4 is 14.8 Å². The summed E-state index contributed by atoms with van der Waals surface area (Å²) in [6.45, 7) is 7.22. The Morgan fingerprint density at radius 2 is 1.83 bits per heavy atom. The van der Waals surface area contributed by atoms with Gasteiger partial charge in [-0.1, -0.05) is 13.3 Å². The largest absolute Gasteiger partial charge is 0.490 e. The van der Waals surface area contributed by atoms with Crippen molar-refractivity contribution in [3.05, 3.63) is 18.2 Å². The highest BCUT2D eigenvalue weighted by Crippen LogP contribution is 2.33. The zero-order valence-electron chi connectivity index (χ0n) is 17.2. The third-order valence-corrected chi connectivity index (χ3v) is 7.08. The predicted octanol–water partition coefficient (Wildman–Crippen LogP) is 1.46. The van der Waals surface area contributed by atoms with Gasteiger partial charge in [0, 0.05) is 44.7 Å². The molecule has 0 aliphatic carbocycles. The molecule has 0 spiro atoms. The van der Waals surface area contributed by atoms with E-state index >= 15 is 0 Å². The topological polar surface area (TPSA) is 88.2 Å². The lowest BCUT2D eigenvalue weighted by atomic mass is 10.2. The lowest BCUT2D eigenvalue weighted by Crippen LogP contribution is -2.51. The maximum absolute atomic E-state index is 13.0. The first-order valence-corrected chi connectivity index (χ1v) is 11.8. The van der Waals surface area contributed by atoms with Crippen molar-refractivity contribution in [2.75, 3.05) is 45.9 Å². The molecule has 1 aromatic rings. The number of nitrogens with one attached hydrogen (secondary N) is 1. The fourth-order valence-electron chi connectivity index (χ4n) is 3.61. The average molecular weight is 426 g/mol. The van der Waals surface area contributed by atoms with E-state index in [2.05, 4.69) is 12.2 Å². The predicted molar refractivity (Wildman–Crippen MR) is 110 cm³/mol. The maximum Gasteiger partial charge on any atom is 0.243 e. The van der Waals surface area contributed by atoms with Crippen molar-refractivity contribution in [1.82, 2.24) is 14.5 Å². The molecule has 0 radical (unpaired) electrons. The van der Waals surface area contributed by atoms with Gasteiger partial charge < -0.3 is 14.8 Å². The molecular formula is C20H31N3O5S. The molecule has 2 aliphatic heterocycles. The molecule has 1 amide bonds. The number of piperazine rings is 1. The maximum atomic E-state index is 13.0. The van der Waals surface area contributed by atoms with E-state index in [1.54, 1.807) is 18.2 Å². The second kappa shape index (κ2) is 9.77. The van der Waals surface area contributed by atoms with E-state index < -0.39 is 10.0 Å². The van der Waals surface area contributed by atoms with Gasteiger partial charge in [-0.05, 0) is 25.5 Å². The van der Waals surface area contributed by atoms with Crippen LogP contribution in [0.4, 0.5) is 0 Å². The monoisotopic (exact) mass is 425 g/mol. The number of fused-ring (bicyclic) bond motifs is 1. The quantitative estimate of drug-likeness (QED) is 0.712. The number of rotatable bonds is 7. The summed E-state index contributed by atoms with van der Waals surface area (Å²) in [5, 5.41) is 2.99. The van der Waals surface area contributed by atoms with Crippen LogP contribution >= 0.6 is 0 Å². The molecule has 1 atom stereocenters. The van der Waals surface area contributed by atoms with Crippen LogP contribution in [0, 0.1) is 0 Å². The van der Waals surface area contributed by atoms with Crippen LogP contribution in [0.1, 0.15) is 33.1 Å². The molecule has 162 valence electrons. The number of carbonyl (C=O) groups excluding carboxylic acids is 1. The zero-order chi connectivity index (χ0) is 20.9. The second-order valence-electron chi connectivity index (χ2n) is 7.60. The minimum atomic E-state index is -3.62. The second-order valence-corrected chi connectivity index (χ2v) is 9.53. The summed E-state index contributed by atoms with van der Waals surface area (Å²) in [5.41, 5.74) is 0. The Bertz CT molecular complexity index is 806. The molecule has 0 bridgehead atoms. The Morgan fingerprint density at radius 3 is 2.52 bits per heavy atom. The van der Waals surface area contributed by atoms with Gasteiger partial charge >= 0.3 is 0 Å². The lowest BCUT2D eigenvalue weighted by molar-refractivity contribution is -0.123. The summed E-state index contributed by atoms with van der Waals surface area (Å²) in [4.78, 5) is 14.4. The Balaban J connectivity index is 1.57. The van der Waals surface area contributed by atoms with E-state index in [0.29, 0.717) is 57.4 Å². The van der Waals surface area contributed by atoms with Crippen LogP contribution in [0.3, 0.4) is 0 Å². The van der Waals surface area contributed by atoms with E-state index in [1.165, 1.54) is 4.31 Å². The summed E-state index contributed by atoms with van der Waals surface area (Å²) in [6, 6.07) is 4.93. The number of hydrogen-bond donors (Lipinski definition) is 1. The first-order valence-electron chi connectivity index (χ1n) is 10.3. The van der Waals surface area contributed by atoms with E-state index in [-0.39, 0.29) is 16.8 Å². The third-order valence-electron chi connectivity index (χ3n) is 5.18. The molecule has 0 unspecified atom stereocenters. The summed E-state index contributed by atoms with van der Waals surface area (Å²) in [5.74, 6) is 1.04. The van der Waals surface area contributed by atoms with Gasteiger partial charge in [-0.3, -0.25) is 9.69 Å². The molecule has 0 aromatic heterocycles. The van der Waals surface area contributed by atoms with Gasteiger partial charge in [-0.25, -0.2) is 8.42 Å². The molecule has 29 heavy (non-hydrogen) atoms. The van der Waals surface area contributed by atoms with Crippen LogP contribution in [0.2, 0.25) is 0 Å². The van der Waals surface area contributed by atoms with Gasteiger partial charge in [0.2, 0.25) is 15.9 Å². The Hall–Kier alpha value is -1.84. The molecule has 1 aromatic carbocycles. The minimum absolute atomic E-state index is 0.00911. The molecule has 2 heterocycles. The average Bonchev–Trinajstić information content (AvgIpc) is 2.93. The number of hydrogen-bond acceptors (Lipinski definition) is 6. The van der Waals surface area contributed by atoms with Gasteiger partial charge in [-0.2, -0.15) is 4.31 Å². The van der Waals surface area contributed by atoms with Gasteiger partial charge in [0.05, 0.1) is 24.7 Å². The van der Waals surface area contributed by atoms with Crippen molar-refractivity contribution in [3.63, 3.8) is 0 Å². The van der Waals surface area contributed by atoms with Gasteiger partial charge in [0.15, 0.2) is 11.5 Å². The first kappa shape index (κ1) is 21.9. The molecule has 1 saturated heterocycles. The Morgan fingerprint density at radius 1 is 1.14 bits per heavy atom. The van der Waals surface area contributed by atoms with Crippen molar-refractivity contribution < 1.29 is 22.7 Å². The summed E-state index contributed by atoms with van der Waals surface area (Å²) in [7, 11) is -3.62. The summed E-state index contributed by atoms with van der Waals surface area (Å²) < 4.78 is 38.7. The fourth-order valence-corrected chi connectivity index (χ4v) is 5.05. The van der Waals surface area contributed by atoms with Crippen LogP contribution in [0.15, 0.2) is 23.1 Å². The lowest BCUT2D eigenvalue weighted by Gasteiger charge is -2.33. The van der Waals surface area contributed by atoms with E-state index in [1.807, 2.05) is 11.8 Å². The molecule has 9 heteroatoms. The van der Waals surface area contributed by atoms with Crippen molar-refractivity contribution in [3.8, 4) is 11.5 Å². The third kappa shape index (κ3) is 5.61. The highest BCUT2D eigenvalue weighted by molar-refractivity contribution is 7.89. The standard InChI is InChI=1S/C20H31N3O5S/c1-3-5-16(2)21-20(24)15-22-8-10-23(11-9-22)29(25,26)17-6-7-18-19(14-17)28-13-4-12-27-18/h6-7,14,16H,3-5,8-13,15H2,1-2H3,(H,21,24)/t16-/m0/s1. The van der Waals surface area contributed by atoms with Gasteiger partial charge in [-0.15, -0.1) is 0 Å². The minimum Gasteiger partial charge on any atom is -0.490 e. The number of carbonyl (C=O) groups is 1. The SMILES string of the molecule is CCC[C@H](C)NC(=O)CN1CCN(S(=O)(=O)c2ccc3c(c2)OCCCO3)CC1. The van der Waals surface area contributed by atoms with Crippen LogP contribution in [0.25, 0.3) is 0 Å². The highest BCUT2D eigenvalue weighted by Gasteiger charge is 2.30. The van der Waals surface area contributed by atoms with E-state index in [9.17, 15) is 13.2 Å². The molecule has 1 fully saturated rings. The van der Waals surface area contributed by atoms with E-state index in [0.717, 1.165) is 19.3 Å².